The number of carbonyl (C=O) groups excluding carboxylic acids is 1. The SMILES string of the molecule is Cc1ccc(S(=O)(=O)N(C)Cc2ccc(C(=O)NNS(=O)(=O)c3cccs3)cc2)cc1. The summed E-state index contributed by atoms with van der Waals surface area (Å²) in [5.74, 6) is -0.632. The Hall–Kier alpha value is -2.57. The second kappa shape index (κ2) is 9.28. The normalized spacial score (nSPS) is 12.1. The van der Waals surface area contributed by atoms with E-state index < -0.39 is 26.0 Å². The van der Waals surface area contributed by atoms with E-state index in [-0.39, 0.29) is 21.2 Å². The molecule has 0 aliphatic heterocycles. The molecule has 1 amide bonds. The molecule has 0 atom stereocenters. The number of nitrogens with zero attached hydrogens (tertiary/aromatic N) is 1. The Bertz CT molecular complexity index is 1250. The van der Waals surface area contributed by atoms with E-state index in [4.69, 9.17) is 0 Å². The van der Waals surface area contributed by atoms with Gasteiger partial charge in [-0.25, -0.2) is 16.8 Å². The molecule has 164 valence electrons. The van der Waals surface area contributed by atoms with Crippen LogP contribution in [-0.2, 0) is 26.6 Å². The number of nitrogens with one attached hydrogen (secondary N) is 2. The monoisotopic (exact) mass is 479 g/mol. The van der Waals surface area contributed by atoms with Gasteiger partial charge in [0.15, 0.2) is 0 Å². The molecule has 0 aliphatic rings. The summed E-state index contributed by atoms with van der Waals surface area (Å²) < 4.78 is 50.8. The highest BCUT2D eigenvalue weighted by atomic mass is 32.2. The summed E-state index contributed by atoms with van der Waals surface area (Å²) in [4.78, 5) is 14.5. The first-order chi connectivity index (χ1) is 14.6. The minimum atomic E-state index is -3.83. The van der Waals surface area contributed by atoms with Crippen LogP contribution in [-0.4, -0.2) is 34.1 Å². The number of rotatable bonds is 8. The lowest BCUT2D eigenvalue weighted by Gasteiger charge is -2.17. The Labute approximate surface area is 185 Å². The van der Waals surface area contributed by atoms with Gasteiger partial charge in [-0.15, -0.1) is 16.2 Å². The van der Waals surface area contributed by atoms with Crippen molar-refractivity contribution in [2.45, 2.75) is 22.6 Å². The maximum Gasteiger partial charge on any atom is 0.266 e. The maximum atomic E-state index is 12.7. The molecule has 0 spiro atoms. The van der Waals surface area contributed by atoms with Crippen LogP contribution >= 0.6 is 11.3 Å². The lowest BCUT2D eigenvalue weighted by Crippen LogP contribution is -2.41. The number of hydrogen-bond acceptors (Lipinski definition) is 6. The largest absolute Gasteiger partial charge is 0.273 e. The Morgan fingerprint density at radius 1 is 0.968 bits per heavy atom. The van der Waals surface area contributed by atoms with Crippen LogP contribution in [0.2, 0.25) is 0 Å². The predicted molar refractivity (Wildman–Crippen MR) is 118 cm³/mol. The highest BCUT2D eigenvalue weighted by Crippen LogP contribution is 2.18. The van der Waals surface area contributed by atoms with E-state index >= 15 is 0 Å². The molecule has 0 saturated carbocycles. The van der Waals surface area contributed by atoms with Gasteiger partial charge in [-0.1, -0.05) is 35.9 Å². The quantitative estimate of drug-likeness (QED) is 0.482. The fourth-order valence-corrected chi connectivity index (χ4v) is 5.64. The Morgan fingerprint density at radius 3 is 2.19 bits per heavy atom. The first-order valence-corrected chi connectivity index (χ1v) is 12.9. The van der Waals surface area contributed by atoms with E-state index in [0.717, 1.165) is 16.9 Å². The van der Waals surface area contributed by atoms with E-state index in [1.54, 1.807) is 47.8 Å². The Morgan fingerprint density at radius 2 is 1.61 bits per heavy atom. The molecule has 0 unspecified atom stereocenters. The van der Waals surface area contributed by atoms with Crippen LogP contribution < -0.4 is 10.3 Å². The molecule has 1 heterocycles. The van der Waals surface area contributed by atoms with Gasteiger partial charge in [0.2, 0.25) is 10.0 Å². The average Bonchev–Trinajstić information content (AvgIpc) is 3.29. The molecule has 8 nitrogen and oxygen atoms in total. The molecule has 2 N–H and O–H groups in total. The molecule has 0 radical (unpaired) electrons. The standard InChI is InChI=1S/C20H21N3O5S3/c1-15-5-11-18(12-6-15)31(27,28)23(2)14-16-7-9-17(10-8-16)20(24)21-22-30(25,26)19-4-3-13-29-19/h3-13,22H,14H2,1-2H3,(H,21,24). The minimum Gasteiger partial charge on any atom is -0.273 e. The van der Waals surface area contributed by atoms with Crippen LogP contribution in [0.25, 0.3) is 0 Å². The molecular formula is C20H21N3O5S3. The van der Waals surface area contributed by atoms with Gasteiger partial charge in [0.05, 0.1) is 4.90 Å². The van der Waals surface area contributed by atoms with Crippen LogP contribution in [0.4, 0.5) is 0 Å². The number of amides is 1. The van der Waals surface area contributed by atoms with Gasteiger partial charge < -0.3 is 0 Å². The smallest absolute Gasteiger partial charge is 0.266 e. The molecule has 31 heavy (non-hydrogen) atoms. The van der Waals surface area contributed by atoms with Gasteiger partial charge in [-0.05, 0) is 48.2 Å². The highest BCUT2D eigenvalue weighted by molar-refractivity contribution is 7.91. The van der Waals surface area contributed by atoms with Crippen molar-refractivity contribution >= 4 is 37.3 Å². The van der Waals surface area contributed by atoms with Gasteiger partial charge in [0, 0.05) is 19.2 Å². The van der Waals surface area contributed by atoms with Crippen molar-refractivity contribution in [3.8, 4) is 0 Å². The van der Waals surface area contributed by atoms with Gasteiger partial charge in [0.25, 0.3) is 15.9 Å². The third-order valence-corrected chi connectivity index (χ3v) is 8.87. The van der Waals surface area contributed by atoms with Gasteiger partial charge in [-0.2, -0.15) is 4.31 Å². The molecule has 1 aromatic heterocycles. The Balaban J connectivity index is 1.63. The van der Waals surface area contributed by atoms with Gasteiger partial charge >= 0.3 is 0 Å². The maximum absolute atomic E-state index is 12.7. The summed E-state index contributed by atoms with van der Waals surface area (Å²) in [5, 5.41) is 1.62. The van der Waals surface area contributed by atoms with Crippen molar-refractivity contribution < 1.29 is 21.6 Å². The van der Waals surface area contributed by atoms with Gasteiger partial charge in [0.1, 0.15) is 4.21 Å². The number of carbonyl (C=O) groups is 1. The van der Waals surface area contributed by atoms with E-state index in [1.165, 1.54) is 29.6 Å². The van der Waals surface area contributed by atoms with Crippen LogP contribution in [0.1, 0.15) is 21.5 Å². The zero-order valence-corrected chi connectivity index (χ0v) is 19.2. The molecule has 2 aromatic carbocycles. The zero-order chi connectivity index (χ0) is 22.6. The van der Waals surface area contributed by atoms with Crippen LogP contribution in [0.15, 0.2) is 75.1 Å². The first-order valence-electron chi connectivity index (χ1n) is 9.07. The molecule has 0 fully saturated rings. The summed E-state index contributed by atoms with van der Waals surface area (Å²) >= 11 is 1.03. The zero-order valence-electron chi connectivity index (χ0n) is 16.8. The fourth-order valence-electron chi connectivity index (χ4n) is 2.65. The number of hydrogen-bond donors (Lipinski definition) is 2. The van der Waals surface area contributed by atoms with Crippen molar-refractivity contribution in [1.29, 1.82) is 0 Å². The third kappa shape index (κ3) is 5.57. The van der Waals surface area contributed by atoms with Gasteiger partial charge in [-0.3, -0.25) is 10.2 Å². The van der Waals surface area contributed by atoms with Crippen LogP contribution in [0.3, 0.4) is 0 Å². The van der Waals surface area contributed by atoms with Crippen LogP contribution in [0, 0.1) is 6.92 Å². The van der Waals surface area contributed by atoms with Crippen molar-refractivity contribution in [1.82, 2.24) is 14.6 Å². The van der Waals surface area contributed by atoms with Crippen molar-refractivity contribution in [3.63, 3.8) is 0 Å². The van der Waals surface area contributed by atoms with Crippen molar-refractivity contribution in [2.24, 2.45) is 0 Å². The average molecular weight is 480 g/mol. The molecule has 0 bridgehead atoms. The molecule has 11 heteroatoms. The molecule has 3 rings (SSSR count). The Kier molecular flexibility index (Phi) is 6.92. The number of aryl methyl sites for hydroxylation is 1. The number of sulfonamides is 2. The van der Waals surface area contributed by atoms with Crippen LogP contribution in [0.5, 0.6) is 0 Å². The third-order valence-electron chi connectivity index (χ3n) is 4.41. The summed E-state index contributed by atoms with van der Waals surface area (Å²) in [7, 11) is -5.99. The van der Waals surface area contributed by atoms with Crippen molar-refractivity contribution in [2.75, 3.05) is 7.05 Å². The molecule has 0 aliphatic carbocycles. The topological polar surface area (TPSA) is 113 Å². The van der Waals surface area contributed by atoms with E-state index in [1.807, 2.05) is 11.8 Å². The van der Waals surface area contributed by atoms with Crippen molar-refractivity contribution in [3.05, 3.63) is 82.7 Å². The van der Waals surface area contributed by atoms with E-state index in [2.05, 4.69) is 5.43 Å². The lowest BCUT2D eigenvalue weighted by atomic mass is 10.1. The molecular weight excluding hydrogens is 458 g/mol. The van der Waals surface area contributed by atoms with E-state index in [0.29, 0.717) is 5.56 Å². The lowest BCUT2D eigenvalue weighted by molar-refractivity contribution is 0.0945. The first kappa shape index (κ1) is 23.1. The second-order valence-electron chi connectivity index (χ2n) is 6.76. The minimum absolute atomic E-state index is 0.0842. The summed E-state index contributed by atoms with van der Waals surface area (Å²) in [5.41, 5.74) is 4.03. The molecule has 3 aromatic rings. The second-order valence-corrected chi connectivity index (χ2v) is 11.7. The number of hydrazine groups is 1. The fraction of sp³-hybridized carbons (Fsp3) is 0.150. The molecule has 0 saturated heterocycles. The predicted octanol–water partition coefficient (Wildman–Crippen LogP) is 2.50. The number of thiophene rings is 1. The highest BCUT2D eigenvalue weighted by Gasteiger charge is 2.21. The summed E-state index contributed by atoms with van der Waals surface area (Å²) in [6.07, 6.45) is 0. The summed E-state index contributed by atoms with van der Waals surface area (Å²) in [6.45, 7) is 1.99. The summed E-state index contributed by atoms with van der Waals surface area (Å²) in [6, 6.07) is 15.8. The number of benzene rings is 2. The van der Waals surface area contributed by atoms with E-state index in [9.17, 15) is 21.6 Å².